The second kappa shape index (κ2) is 16.6. The van der Waals surface area contributed by atoms with Gasteiger partial charge in [-0.05, 0) is 134 Å². The zero-order valence-electron chi connectivity index (χ0n) is 33.9. The standard InChI is InChI=1S/C48H51N5O7/c1-2-40(31-3-10-37(54)11-4-31)45(32-5-12-38(55)13-6-32)33-7-14-39(15-8-33)60-24-23-50-21-19-30(20-22-50)27-51-28-36-25-35(51)29-52(36)34-9-16-41-42(26-34)48(59)53(47(41)58)43-17-18-44(56)49-46(43)57/h3-16,26,30,35-36,43,54-55H,2,17-25,27-29H2,1H3,(H,49,56,57). The van der Waals surface area contributed by atoms with Crippen molar-refractivity contribution in [3.8, 4) is 17.2 Å². The number of imide groups is 2. The van der Waals surface area contributed by atoms with E-state index in [-0.39, 0.29) is 30.2 Å². The molecule has 9 rings (SSSR count). The van der Waals surface area contributed by atoms with Crippen LogP contribution in [0.25, 0.3) is 11.1 Å². The number of phenols is 2. The van der Waals surface area contributed by atoms with Crippen molar-refractivity contribution in [2.24, 2.45) is 5.92 Å². The Morgan fingerprint density at radius 2 is 1.40 bits per heavy atom. The van der Waals surface area contributed by atoms with Gasteiger partial charge >= 0.3 is 0 Å². The summed E-state index contributed by atoms with van der Waals surface area (Å²) in [6.45, 7) is 8.67. The Kier molecular flexibility index (Phi) is 10.9. The van der Waals surface area contributed by atoms with Gasteiger partial charge in [0.2, 0.25) is 11.8 Å². The molecule has 310 valence electrons. The molecule has 0 saturated carbocycles. The Hall–Kier alpha value is -5.98. The van der Waals surface area contributed by atoms with Crippen molar-refractivity contribution >= 4 is 40.5 Å². The molecule has 5 aliphatic rings. The van der Waals surface area contributed by atoms with Gasteiger partial charge in [-0.15, -0.1) is 0 Å². The lowest BCUT2D eigenvalue weighted by atomic mass is 9.88. The third-order valence-corrected chi connectivity index (χ3v) is 13.2. The molecular formula is C48H51N5O7. The second-order valence-electron chi connectivity index (χ2n) is 16.8. The van der Waals surface area contributed by atoms with Crippen LogP contribution >= 0.6 is 0 Å². The quantitative estimate of drug-likeness (QED) is 0.117. The van der Waals surface area contributed by atoms with Gasteiger partial charge in [0.25, 0.3) is 11.8 Å². The lowest BCUT2D eigenvalue weighted by molar-refractivity contribution is -0.136. The van der Waals surface area contributed by atoms with Crippen LogP contribution in [0.4, 0.5) is 5.69 Å². The van der Waals surface area contributed by atoms with Crippen LogP contribution in [0.15, 0.2) is 91.0 Å². The van der Waals surface area contributed by atoms with Crippen LogP contribution in [0.2, 0.25) is 0 Å². The van der Waals surface area contributed by atoms with E-state index in [0.717, 1.165) is 109 Å². The van der Waals surface area contributed by atoms with E-state index < -0.39 is 23.8 Å². The molecular weight excluding hydrogens is 759 g/mol. The first-order chi connectivity index (χ1) is 29.1. The highest BCUT2D eigenvalue weighted by atomic mass is 16.5. The van der Waals surface area contributed by atoms with Crippen LogP contribution in [-0.2, 0) is 9.59 Å². The van der Waals surface area contributed by atoms with Gasteiger partial charge in [0.05, 0.1) is 11.1 Å². The van der Waals surface area contributed by atoms with E-state index >= 15 is 0 Å². The number of hydrogen-bond acceptors (Lipinski definition) is 10. The van der Waals surface area contributed by atoms with E-state index in [1.165, 1.54) is 0 Å². The minimum atomic E-state index is -0.964. The number of nitrogens with one attached hydrogen (secondary N) is 1. The molecule has 2 bridgehead atoms. The van der Waals surface area contributed by atoms with Crippen molar-refractivity contribution in [3.63, 3.8) is 0 Å². The molecule has 0 radical (unpaired) electrons. The molecule has 4 saturated heterocycles. The summed E-state index contributed by atoms with van der Waals surface area (Å²) in [6.07, 6.45) is 4.43. The Morgan fingerprint density at radius 3 is 2.03 bits per heavy atom. The molecule has 4 aromatic rings. The fourth-order valence-electron chi connectivity index (χ4n) is 9.99. The summed E-state index contributed by atoms with van der Waals surface area (Å²) in [5.74, 6) is 0.00924. The van der Waals surface area contributed by atoms with Crippen LogP contribution in [0.5, 0.6) is 17.2 Å². The number of rotatable bonds is 12. The van der Waals surface area contributed by atoms with Gasteiger partial charge in [0.1, 0.15) is 29.9 Å². The van der Waals surface area contributed by atoms with Crippen molar-refractivity contribution in [3.05, 3.63) is 119 Å². The Bertz CT molecular complexity index is 2320. The van der Waals surface area contributed by atoms with E-state index in [2.05, 4.69) is 39.1 Å². The fourth-order valence-corrected chi connectivity index (χ4v) is 9.99. The number of anilines is 1. The number of piperidine rings is 2. The number of hydrogen-bond donors (Lipinski definition) is 3. The predicted molar refractivity (Wildman–Crippen MR) is 228 cm³/mol. The van der Waals surface area contributed by atoms with E-state index in [4.69, 9.17) is 4.74 Å². The molecule has 4 amide bonds. The molecule has 12 heteroatoms. The number of ether oxygens (including phenoxy) is 1. The number of nitrogens with zero attached hydrogens (tertiary/aromatic N) is 4. The number of carbonyl (C=O) groups is 4. The van der Waals surface area contributed by atoms with Crippen LogP contribution in [0, 0.1) is 5.92 Å². The minimum absolute atomic E-state index is 0.100. The van der Waals surface area contributed by atoms with Gasteiger partial charge in [-0.1, -0.05) is 43.3 Å². The molecule has 3 atom stereocenters. The average molecular weight is 810 g/mol. The third kappa shape index (κ3) is 7.77. The monoisotopic (exact) mass is 809 g/mol. The zero-order valence-corrected chi connectivity index (χ0v) is 33.9. The van der Waals surface area contributed by atoms with Crippen molar-refractivity contribution in [1.29, 1.82) is 0 Å². The van der Waals surface area contributed by atoms with E-state index in [9.17, 15) is 29.4 Å². The van der Waals surface area contributed by atoms with Gasteiger partial charge < -0.3 is 19.8 Å². The molecule has 4 aromatic carbocycles. The molecule has 5 heterocycles. The molecule has 0 spiro atoms. The van der Waals surface area contributed by atoms with E-state index in [1.54, 1.807) is 30.3 Å². The lowest BCUT2D eigenvalue weighted by Gasteiger charge is -2.39. The minimum Gasteiger partial charge on any atom is -0.508 e. The highest BCUT2D eigenvalue weighted by Gasteiger charge is 2.47. The van der Waals surface area contributed by atoms with Gasteiger partial charge in [-0.3, -0.25) is 39.2 Å². The summed E-state index contributed by atoms with van der Waals surface area (Å²) in [4.78, 5) is 59.3. The van der Waals surface area contributed by atoms with Crippen LogP contribution in [-0.4, -0.2) is 113 Å². The maximum Gasteiger partial charge on any atom is 0.262 e. The van der Waals surface area contributed by atoms with Gasteiger partial charge in [-0.25, -0.2) is 0 Å². The molecule has 3 N–H and O–H groups in total. The molecule has 0 aromatic heterocycles. The van der Waals surface area contributed by atoms with Gasteiger partial charge in [0, 0.05) is 50.4 Å². The zero-order chi connectivity index (χ0) is 41.5. The van der Waals surface area contributed by atoms with Gasteiger partial charge in [-0.2, -0.15) is 0 Å². The Balaban J connectivity index is 0.747. The first-order valence-electron chi connectivity index (χ1n) is 21.3. The predicted octanol–water partition coefficient (Wildman–Crippen LogP) is 5.92. The van der Waals surface area contributed by atoms with Crippen LogP contribution < -0.4 is 15.0 Å². The summed E-state index contributed by atoms with van der Waals surface area (Å²) in [5.41, 5.74) is 6.90. The maximum atomic E-state index is 13.4. The van der Waals surface area contributed by atoms with E-state index in [0.29, 0.717) is 35.7 Å². The molecule has 4 fully saturated rings. The van der Waals surface area contributed by atoms with Crippen molar-refractivity contribution in [2.75, 3.05) is 50.8 Å². The highest BCUT2D eigenvalue weighted by Crippen LogP contribution is 2.39. The second-order valence-corrected chi connectivity index (χ2v) is 16.8. The molecule has 3 unspecified atom stereocenters. The number of carbonyl (C=O) groups excluding carboxylic acids is 4. The number of likely N-dealkylation sites (tertiary alicyclic amines) is 2. The largest absolute Gasteiger partial charge is 0.508 e. The number of aromatic hydroxyl groups is 2. The number of phenolic OH excluding ortho intramolecular Hbond substituents is 2. The molecule has 12 nitrogen and oxygen atoms in total. The normalized spacial score (nSPS) is 22.6. The fraction of sp³-hybridized carbons (Fsp3) is 0.375. The summed E-state index contributed by atoms with van der Waals surface area (Å²) in [7, 11) is 0. The summed E-state index contributed by atoms with van der Waals surface area (Å²) < 4.78 is 6.24. The SMILES string of the molecule is CCC(=C(c1ccc(O)cc1)c1ccc(OCCN2CCC(CN3CC4CC3CN4c3ccc4c(c3)C(=O)N(C3CCC(=O)NC3=O)C4=O)CC2)cc1)c1ccc(O)cc1. The number of piperazine rings is 1. The van der Waals surface area contributed by atoms with E-state index in [1.807, 2.05) is 48.5 Å². The number of amides is 4. The first kappa shape index (κ1) is 39.5. The molecule has 5 aliphatic heterocycles. The molecule has 0 aliphatic carbocycles. The number of benzene rings is 4. The van der Waals surface area contributed by atoms with Crippen molar-refractivity contribution < 1.29 is 34.1 Å². The summed E-state index contributed by atoms with van der Waals surface area (Å²) >= 11 is 0. The smallest absolute Gasteiger partial charge is 0.262 e. The summed E-state index contributed by atoms with van der Waals surface area (Å²) in [5, 5.41) is 22.1. The maximum absolute atomic E-state index is 13.4. The van der Waals surface area contributed by atoms with Crippen LogP contribution in [0.1, 0.15) is 82.9 Å². The Labute approximate surface area is 350 Å². The third-order valence-electron chi connectivity index (χ3n) is 13.2. The topological polar surface area (TPSA) is 143 Å². The number of fused-ring (bicyclic) bond motifs is 3. The lowest BCUT2D eigenvalue weighted by Crippen LogP contribution is -2.54. The van der Waals surface area contributed by atoms with Crippen molar-refractivity contribution in [1.82, 2.24) is 20.0 Å². The Morgan fingerprint density at radius 1 is 0.750 bits per heavy atom. The molecule has 60 heavy (non-hydrogen) atoms. The summed E-state index contributed by atoms with van der Waals surface area (Å²) in [6, 6.07) is 28.1. The van der Waals surface area contributed by atoms with Crippen molar-refractivity contribution in [2.45, 2.75) is 63.6 Å². The van der Waals surface area contributed by atoms with Crippen LogP contribution in [0.3, 0.4) is 0 Å². The first-order valence-corrected chi connectivity index (χ1v) is 21.3. The average Bonchev–Trinajstić information content (AvgIpc) is 3.93. The highest BCUT2D eigenvalue weighted by molar-refractivity contribution is 6.23. The van der Waals surface area contributed by atoms with Gasteiger partial charge in [0.15, 0.2) is 0 Å². The number of allylic oxidation sites excluding steroid dienone is 1.